The van der Waals surface area contributed by atoms with Crippen molar-refractivity contribution in [1.29, 1.82) is 0 Å². The molecule has 2 aromatic rings. The van der Waals surface area contributed by atoms with Gasteiger partial charge in [-0.3, -0.25) is 4.90 Å². The van der Waals surface area contributed by atoms with E-state index in [1.54, 1.807) is 11.3 Å². The van der Waals surface area contributed by atoms with Gasteiger partial charge in [0.05, 0.1) is 0 Å². The van der Waals surface area contributed by atoms with Crippen LogP contribution in [0.15, 0.2) is 41.8 Å². The van der Waals surface area contributed by atoms with Gasteiger partial charge in [0, 0.05) is 24.5 Å². The number of hydrogen-bond donors (Lipinski definition) is 2. The fourth-order valence-electron chi connectivity index (χ4n) is 2.56. The van der Waals surface area contributed by atoms with Crippen molar-refractivity contribution in [2.75, 3.05) is 19.6 Å². The third-order valence-electron chi connectivity index (χ3n) is 4.08. The van der Waals surface area contributed by atoms with Crippen molar-refractivity contribution in [3.63, 3.8) is 0 Å². The van der Waals surface area contributed by atoms with E-state index in [2.05, 4.69) is 59.0 Å². The van der Waals surface area contributed by atoms with Crippen molar-refractivity contribution in [1.82, 2.24) is 15.5 Å². The highest BCUT2D eigenvalue weighted by Gasteiger charge is 2.07. The number of benzene rings is 1. The summed E-state index contributed by atoms with van der Waals surface area (Å²) in [5.74, 6) is 0. The zero-order valence-electron chi connectivity index (χ0n) is 14.5. The maximum atomic E-state index is 12.0. The van der Waals surface area contributed by atoms with Gasteiger partial charge < -0.3 is 10.6 Å². The molecule has 130 valence electrons. The Morgan fingerprint density at radius 3 is 2.46 bits per heavy atom. The van der Waals surface area contributed by atoms with Crippen molar-refractivity contribution < 1.29 is 4.79 Å². The van der Waals surface area contributed by atoms with Gasteiger partial charge in [0.2, 0.25) is 0 Å². The smallest absolute Gasteiger partial charge is 0.315 e. The van der Waals surface area contributed by atoms with E-state index in [0.717, 1.165) is 26.1 Å². The second kappa shape index (κ2) is 10.1. The number of thiophene rings is 1. The van der Waals surface area contributed by atoms with E-state index < -0.39 is 0 Å². The Hall–Kier alpha value is -1.85. The van der Waals surface area contributed by atoms with Gasteiger partial charge in [-0.25, -0.2) is 4.79 Å². The maximum Gasteiger partial charge on any atom is 0.315 e. The van der Waals surface area contributed by atoms with Gasteiger partial charge in [-0.05, 0) is 42.1 Å². The van der Waals surface area contributed by atoms with E-state index in [1.165, 1.54) is 16.0 Å². The highest BCUT2D eigenvalue weighted by Crippen LogP contribution is 2.12. The second-order valence-electron chi connectivity index (χ2n) is 5.67. The van der Waals surface area contributed by atoms with Crippen molar-refractivity contribution in [3.05, 3.63) is 57.8 Å². The molecule has 0 saturated carbocycles. The molecule has 0 bridgehead atoms. The molecule has 0 aliphatic heterocycles. The molecule has 0 fully saturated rings. The standard InChI is InChI=1S/C19H27N3OS/c1-3-22(4-2)15-17-9-6-5-8-16(17)14-21-19(23)20-12-11-18-10-7-13-24-18/h5-10,13H,3-4,11-12,14-15H2,1-2H3,(H2,20,21,23). The normalized spacial score (nSPS) is 10.8. The number of nitrogens with one attached hydrogen (secondary N) is 2. The number of carbonyl (C=O) groups excluding carboxylic acids is 1. The Morgan fingerprint density at radius 2 is 1.79 bits per heavy atom. The molecule has 1 aromatic carbocycles. The van der Waals surface area contributed by atoms with Gasteiger partial charge in [0.25, 0.3) is 0 Å². The molecule has 4 nitrogen and oxygen atoms in total. The van der Waals surface area contributed by atoms with Crippen LogP contribution in [-0.2, 0) is 19.5 Å². The number of urea groups is 1. The van der Waals surface area contributed by atoms with Crippen LogP contribution in [0.1, 0.15) is 29.9 Å². The quantitative estimate of drug-likeness (QED) is 0.729. The molecule has 0 aliphatic rings. The second-order valence-corrected chi connectivity index (χ2v) is 6.70. The lowest BCUT2D eigenvalue weighted by Gasteiger charge is -2.20. The molecule has 0 spiro atoms. The summed E-state index contributed by atoms with van der Waals surface area (Å²) in [5.41, 5.74) is 2.46. The molecule has 1 heterocycles. The number of rotatable bonds is 9. The topological polar surface area (TPSA) is 44.4 Å². The third kappa shape index (κ3) is 5.98. The van der Waals surface area contributed by atoms with Crippen LogP contribution in [0.25, 0.3) is 0 Å². The number of hydrogen-bond acceptors (Lipinski definition) is 3. The first-order valence-corrected chi connectivity index (χ1v) is 9.44. The van der Waals surface area contributed by atoms with Crippen LogP contribution in [0.4, 0.5) is 4.79 Å². The first kappa shape index (κ1) is 18.5. The lowest BCUT2D eigenvalue weighted by molar-refractivity contribution is 0.240. The van der Waals surface area contributed by atoms with Gasteiger partial charge in [0.1, 0.15) is 0 Å². The van der Waals surface area contributed by atoms with Gasteiger partial charge in [0.15, 0.2) is 0 Å². The molecule has 24 heavy (non-hydrogen) atoms. The summed E-state index contributed by atoms with van der Waals surface area (Å²) < 4.78 is 0. The van der Waals surface area contributed by atoms with Crippen LogP contribution in [0.5, 0.6) is 0 Å². The van der Waals surface area contributed by atoms with Crippen LogP contribution in [-0.4, -0.2) is 30.6 Å². The number of amides is 2. The lowest BCUT2D eigenvalue weighted by atomic mass is 10.1. The third-order valence-corrected chi connectivity index (χ3v) is 5.02. The largest absolute Gasteiger partial charge is 0.338 e. The SMILES string of the molecule is CCN(CC)Cc1ccccc1CNC(=O)NCCc1cccs1. The molecule has 2 amide bonds. The first-order valence-electron chi connectivity index (χ1n) is 8.56. The van der Waals surface area contributed by atoms with Gasteiger partial charge in [-0.1, -0.05) is 44.2 Å². The first-order chi connectivity index (χ1) is 11.7. The molecule has 2 N–H and O–H groups in total. The Balaban J connectivity index is 1.79. The predicted octanol–water partition coefficient (Wildman–Crippen LogP) is 3.63. The van der Waals surface area contributed by atoms with Crippen molar-refractivity contribution in [2.24, 2.45) is 0 Å². The minimum Gasteiger partial charge on any atom is -0.338 e. The summed E-state index contributed by atoms with van der Waals surface area (Å²) in [6.45, 7) is 8.54. The highest BCUT2D eigenvalue weighted by molar-refractivity contribution is 7.09. The molecule has 2 rings (SSSR count). The molecular formula is C19H27N3OS. The summed E-state index contributed by atoms with van der Waals surface area (Å²) in [7, 11) is 0. The van der Waals surface area contributed by atoms with Crippen LogP contribution >= 0.6 is 11.3 Å². The molecule has 0 saturated heterocycles. The average molecular weight is 346 g/mol. The Labute approximate surface area is 148 Å². The predicted molar refractivity (Wildman–Crippen MR) is 101 cm³/mol. The van der Waals surface area contributed by atoms with Crippen LogP contribution in [0.3, 0.4) is 0 Å². The highest BCUT2D eigenvalue weighted by atomic mass is 32.1. The van der Waals surface area contributed by atoms with E-state index in [4.69, 9.17) is 0 Å². The summed E-state index contributed by atoms with van der Waals surface area (Å²) in [4.78, 5) is 15.6. The summed E-state index contributed by atoms with van der Waals surface area (Å²) in [5, 5.41) is 7.94. The van der Waals surface area contributed by atoms with E-state index in [-0.39, 0.29) is 6.03 Å². The van der Waals surface area contributed by atoms with Gasteiger partial charge >= 0.3 is 6.03 Å². The maximum absolute atomic E-state index is 12.0. The minimum atomic E-state index is -0.107. The number of carbonyl (C=O) groups is 1. The monoisotopic (exact) mass is 345 g/mol. The molecule has 0 aliphatic carbocycles. The molecule has 0 radical (unpaired) electrons. The molecule has 1 aromatic heterocycles. The van der Waals surface area contributed by atoms with Crippen molar-refractivity contribution in [2.45, 2.75) is 33.4 Å². The van der Waals surface area contributed by atoms with E-state index in [1.807, 2.05) is 12.1 Å². The summed E-state index contributed by atoms with van der Waals surface area (Å²) in [6.07, 6.45) is 0.879. The molecule has 5 heteroatoms. The number of nitrogens with zero attached hydrogens (tertiary/aromatic N) is 1. The lowest BCUT2D eigenvalue weighted by Crippen LogP contribution is -2.36. The Morgan fingerprint density at radius 1 is 1.04 bits per heavy atom. The molecule has 0 unspecified atom stereocenters. The average Bonchev–Trinajstić information content (AvgIpc) is 3.12. The fraction of sp³-hybridized carbons (Fsp3) is 0.421. The van der Waals surface area contributed by atoms with Crippen molar-refractivity contribution >= 4 is 17.4 Å². The zero-order valence-corrected chi connectivity index (χ0v) is 15.4. The van der Waals surface area contributed by atoms with Gasteiger partial charge in [-0.15, -0.1) is 11.3 Å². The zero-order chi connectivity index (χ0) is 17.2. The fourth-order valence-corrected chi connectivity index (χ4v) is 3.27. The van der Waals surface area contributed by atoms with Crippen LogP contribution in [0, 0.1) is 0 Å². The van der Waals surface area contributed by atoms with E-state index in [0.29, 0.717) is 13.1 Å². The van der Waals surface area contributed by atoms with E-state index >= 15 is 0 Å². The molecular weight excluding hydrogens is 318 g/mol. The minimum absolute atomic E-state index is 0.107. The van der Waals surface area contributed by atoms with Gasteiger partial charge in [-0.2, -0.15) is 0 Å². The van der Waals surface area contributed by atoms with Crippen LogP contribution < -0.4 is 10.6 Å². The van der Waals surface area contributed by atoms with Crippen molar-refractivity contribution in [3.8, 4) is 0 Å². The van der Waals surface area contributed by atoms with Crippen LogP contribution in [0.2, 0.25) is 0 Å². The summed E-state index contributed by atoms with van der Waals surface area (Å²) in [6, 6.07) is 12.3. The summed E-state index contributed by atoms with van der Waals surface area (Å²) >= 11 is 1.72. The Bertz CT molecular complexity index is 609. The molecule has 0 atom stereocenters. The van der Waals surface area contributed by atoms with E-state index in [9.17, 15) is 4.79 Å². The Kier molecular flexibility index (Phi) is 7.79.